The Bertz CT molecular complexity index is 317. The van der Waals surface area contributed by atoms with E-state index in [-0.39, 0.29) is 12.5 Å². The molecule has 0 aromatic rings. The third kappa shape index (κ3) is 5.92. The molecular weight excluding hydrogens is 250 g/mol. The molecule has 1 unspecified atom stereocenters. The van der Waals surface area contributed by atoms with E-state index in [0.717, 1.165) is 25.7 Å². The van der Waals surface area contributed by atoms with E-state index in [0.29, 0.717) is 0 Å². The van der Waals surface area contributed by atoms with Gasteiger partial charge in [0.05, 0.1) is 12.5 Å². The van der Waals surface area contributed by atoms with Gasteiger partial charge in [-0.2, -0.15) is 5.48 Å². The summed E-state index contributed by atoms with van der Waals surface area (Å²) in [5, 5.41) is 9.16. The molecular formula is C13H23NO5. The van der Waals surface area contributed by atoms with Crippen molar-refractivity contribution in [1.29, 1.82) is 0 Å². The molecule has 1 amide bonds. The van der Waals surface area contributed by atoms with Crippen LogP contribution in [0.15, 0.2) is 0 Å². The first kappa shape index (κ1) is 15.8. The lowest BCUT2D eigenvalue weighted by Crippen LogP contribution is -2.35. The second-order valence-electron chi connectivity index (χ2n) is 5.90. The Kier molecular flexibility index (Phi) is 5.60. The van der Waals surface area contributed by atoms with Gasteiger partial charge in [0.15, 0.2) is 0 Å². The van der Waals surface area contributed by atoms with Crippen LogP contribution in [0.5, 0.6) is 0 Å². The third-order valence-electron chi connectivity index (χ3n) is 3.10. The minimum Gasteiger partial charge on any atom is -0.481 e. The third-order valence-corrected chi connectivity index (χ3v) is 3.10. The number of amides is 1. The summed E-state index contributed by atoms with van der Waals surface area (Å²) >= 11 is 0. The SMILES string of the molecule is CC(C)(C)OC(=O)NOCC(C(=O)O)C1CCCC1. The average Bonchev–Trinajstić information content (AvgIpc) is 2.74. The molecule has 0 aromatic heterocycles. The Balaban J connectivity index is 2.32. The van der Waals surface area contributed by atoms with Gasteiger partial charge < -0.3 is 9.84 Å². The number of hydrogen-bond donors (Lipinski definition) is 2. The predicted octanol–water partition coefficient (Wildman–Crippen LogP) is 2.33. The van der Waals surface area contributed by atoms with Crippen LogP contribution in [-0.4, -0.2) is 29.4 Å². The van der Waals surface area contributed by atoms with Gasteiger partial charge in [-0.1, -0.05) is 12.8 Å². The van der Waals surface area contributed by atoms with Gasteiger partial charge in [-0.3, -0.25) is 9.63 Å². The fraction of sp³-hybridized carbons (Fsp3) is 0.846. The van der Waals surface area contributed by atoms with Crippen molar-refractivity contribution in [2.24, 2.45) is 11.8 Å². The molecule has 19 heavy (non-hydrogen) atoms. The Labute approximate surface area is 113 Å². The topological polar surface area (TPSA) is 84.9 Å². The number of hydrogen-bond acceptors (Lipinski definition) is 4. The van der Waals surface area contributed by atoms with Crippen LogP contribution in [-0.2, 0) is 14.4 Å². The number of rotatable bonds is 5. The molecule has 0 aromatic carbocycles. The molecule has 1 rings (SSSR count). The minimum atomic E-state index is -0.877. The number of carbonyl (C=O) groups is 2. The molecule has 1 aliphatic rings. The molecule has 2 N–H and O–H groups in total. The number of carboxylic acid groups (broad SMARTS) is 1. The van der Waals surface area contributed by atoms with Crippen molar-refractivity contribution >= 4 is 12.1 Å². The summed E-state index contributed by atoms with van der Waals surface area (Å²) < 4.78 is 4.98. The van der Waals surface area contributed by atoms with Crippen LogP contribution in [0.25, 0.3) is 0 Å². The molecule has 0 spiro atoms. The van der Waals surface area contributed by atoms with Crippen LogP contribution in [0.4, 0.5) is 4.79 Å². The van der Waals surface area contributed by atoms with Crippen molar-refractivity contribution in [3.8, 4) is 0 Å². The van der Waals surface area contributed by atoms with Crippen molar-refractivity contribution in [3.63, 3.8) is 0 Å². The zero-order valence-corrected chi connectivity index (χ0v) is 11.8. The van der Waals surface area contributed by atoms with Crippen molar-refractivity contribution in [2.75, 3.05) is 6.61 Å². The number of hydroxylamine groups is 1. The summed E-state index contributed by atoms with van der Waals surface area (Å²) in [4.78, 5) is 27.5. The second-order valence-corrected chi connectivity index (χ2v) is 5.90. The summed E-state index contributed by atoms with van der Waals surface area (Å²) in [5.41, 5.74) is 1.52. The lowest BCUT2D eigenvalue weighted by molar-refractivity contribution is -0.147. The largest absolute Gasteiger partial charge is 0.481 e. The highest BCUT2D eigenvalue weighted by Crippen LogP contribution is 2.31. The molecule has 0 saturated heterocycles. The predicted molar refractivity (Wildman–Crippen MR) is 68.4 cm³/mol. The minimum absolute atomic E-state index is 0.0285. The number of nitrogens with one attached hydrogen (secondary N) is 1. The number of ether oxygens (including phenoxy) is 1. The normalized spacial score (nSPS) is 18.1. The average molecular weight is 273 g/mol. The summed E-state index contributed by atoms with van der Waals surface area (Å²) in [5.74, 6) is -1.31. The Morgan fingerprint density at radius 1 is 1.32 bits per heavy atom. The van der Waals surface area contributed by atoms with Crippen LogP contribution in [0, 0.1) is 11.8 Å². The monoisotopic (exact) mass is 273 g/mol. The van der Waals surface area contributed by atoms with Crippen molar-refractivity contribution in [1.82, 2.24) is 5.48 Å². The van der Waals surface area contributed by atoms with Crippen molar-refractivity contribution in [2.45, 2.75) is 52.1 Å². The molecule has 1 atom stereocenters. The van der Waals surface area contributed by atoms with Gasteiger partial charge in [0, 0.05) is 0 Å². The van der Waals surface area contributed by atoms with Gasteiger partial charge >= 0.3 is 12.1 Å². The molecule has 6 heteroatoms. The molecule has 0 radical (unpaired) electrons. The smallest absolute Gasteiger partial charge is 0.431 e. The molecule has 1 fully saturated rings. The van der Waals surface area contributed by atoms with E-state index >= 15 is 0 Å². The van der Waals surface area contributed by atoms with E-state index in [9.17, 15) is 9.59 Å². The molecule has 1 aliphatic carbocycles. The fourth-order valence-corrected chi connectivity index (χ4v) is 2.26. The van der Waals surface area contributed by atoms with E-state index in [1.165, 1.54) is 0 Å². The number of aliphatic carboxylic acids is 1. The second kappa shape index (κ2) is 6.75. The molecule has 6 nitrogen and oxygen atoms in total. The van der Waals surface area contributed by atoms with E-state index in [1.807, 2.05) is 0 Å². The lowest BCUT2D eigenvalue weighted by Gasteiger charge is -2.21. The molecule has 0 heterocycles. The fourth-order valence-electron chi connectivity index (χ4n) is 2.26. The van der Waals surface area contributed by atoms with E-state index in [2.05, 4.69) is 5.48 Å². The Morgan fingerprint density at radius 3 is 2.37 bits per heavy atom. The van der Waals surface area contributed by atoms with Crippen molar-refractivity contribution in [3.05, 3.63) is 0 Å². The van der Waals surface area contributed by atoms with Crippen LogP contribution in [0.2, 0.25) is 0 Å². The van der Waals surface area contributed by atoms with Gasteiger partial charge in [-0.15, -0.1) is 0 Å². The summed E-state index contributed by atoms with van der Waals surface area (Å²) in [6.07, 6.45) is 3.24. The van der Waals surface area contributed by atoms with E-state index in [1.54, 1.807) is 20.8 Å². The molecule has 110 valence electrons. The quantitative estimate of drug-likeness (QED) is 0.751. The zero-order chi connectivity index (χ0) is 14.5. The first-order chi connectivity index (χ1) is 8.79. The van der Waals surface area contributed by atoms with E-state index < -0.39 is 23.6 Å². The highest BCUT2D eigenvalue weighted by molar-refractivity contribution is 5.70. The first-order valence-corrected chi connectivity index (χ1v) is 6.63. The Morgan fingerprint density at radius 2 is 1.89 bits per heavy atom. The van der Waals surface area contributed by atoms with Crippen LogP contribution < -0.4 is 5.48 Å². The zero-order valence-electron chi connectivity index (χ0n) is 11.8. The molecule has 1 saturated carbocycles. The van der Waals surface area contributed by atoms with Crippen LogP contribution in [0.1, 0.15) is 46.5 Å². The van der Waals surface area contributed by atoms with Gasteiger partial charge in [-0.25, -0.2) is 4.79 Å². The van der Waals surface area contributed by atoms with Gasteiger partial charge in [0.25, 0.3) is 0 Å². The molecule has 0 bridgehead atoms. The van der Waals surface area contributed by atoms with Crippen LogP contribution >= 0.6 is 0 Å². The van der Waals surface area contributed by atoms with Crippen molar-refractivity contribution < 1.29 is 24.3 Å². The number of carboxylic acids is 1. The summed E-state index contributed by atoms with van der Waals surface area (Å²) in [6.45, 7) is 5.20. The maximum absolute atomic E-state index is 11.3. The van der Waals surface area contributed by atoms with Gasteiger partial charge in [0.1, 0.15) is 5.60 Å². The molecule has 0 aliphatic heterocycles. The number of carbonyl (C=O) groups excluding carboxylic acids is 1. The standard InChI is InChI=1S/C13H23NO5/c1-13(2,3)19-12(17)14-18-8-10(11(15)16)9-6-4-5-7-9/h9-10H,4-8H2,1-3H3,(H,14,17)(H,15,16). The summed E-state index contributed by atoms with van der Waals surface area (Å²) in [6, 6.07) is 0. The Hall–Kier alpha value is -1.30. The first-order valence-electron chi connectivity index (χ1n) is 6.63. The van der Waals surface area contributed by atoms with Crippen LogP contribution in [0.3, 0.4) is 0 Å². The highest BCUT2D eigenvalue weighted by atomic mass is 16.7. The van der Waals surface area contributed by atoms with Gasteiger partial charge in [0.2, 0.25) is 0 Å². The maximum atomic E-state index is 11.3. The highest BCUT2D eigenvalue weighted by Gasteiger charge is 2.31. The van der Waals surface area contributed by atoms with Gasteiger partial charge in [-0.05, 0) is 39.5 Å². The van der Waals surface area contributed by atoms with E-state index in [4.69, 9.17) is 14.7 Å². The maximum Gasteiger partial charge on any atom is 0.431 e. The summed E-state index contributed by atoms with van der Waals surface area (Å²) in [7, 11) is 0. The lowest BCUT2D eigenvalue weighted by atomic mass is 9.92.